The number of nitrogens with zero attached hydrogens (tertiary/aromatic N) is 2. The number of nitrogens with one attached hydrogen (secondary N) is 1. The Hall–Kier alpha value is -1.84. The molecule has 0 aromatic carbocycles. The number of hydrogen-bond acceptors (Lipinski definition) is 2. The van der Waals surface area contributed by atoms with Crippen LogP contribution in [0.25, 0.3) is 5.52 Å². The Bertz CT molecular complexity index is 444. The van der Waals surface area contributed by atoms with Gasteiger partial charge in [-0.3, -0.25) is 5.41 Å². The van der Waals surface area contributed by atoms with Crippen molar-refractivity contribution in [3.05, 3.63) is 36.2 Å². The predicted octanol–water partition coefficient (Wildman–Crippen LogP) is 0.813. The molecule has 0 spiro atoms. The van der Waals surface area contributed by atoms with Gasteiger partial charge in [-0.15, -0.1) is 0 Å². The molecule has 2 aromatic heterocycles. The molecule has 3 N–H and O–H groups in total. The van der Waals surface area contributed by atoms with Gasteiger partial charge in [-0.25, -0.2) is 4.52 Å². The Morgan fingerprint density at radius 1 is 1.54 bits per heavy atom. The van der Waals surface area contributed by atoms with Crippen LogP contribution in [0.2, 0.25) is 0 Å². The molecule has 4 nitrogen and oxygen atoms in total. The summed E-state index contributed by atoms with van der Waals surface area (Å²) in [5, 5.41) is 11.3. The van der Waals surface area contributed by atoms with Crippen LogP contribution in [-0.4, -0.2) is 15.4 Å². The van der Waals surface area contributed by atoms with E-state index in [4.69, 9.17) is 11.1 Å². The lowest BCUT2D eigenvalue weighted by molar-refractivity contribution is 0.961. The first kappa shape index (κ1) is 7.79. The number of nitrogens with two attached hydrogens (primary N) is 1. The zero-order valence-corrected chi connectivity index (χ0v) is 7.07. The van der Waals surface area contributed by atoms with Crippen LogP contribution < -0.4 is 5.73 Å². The molecule has 0 fully saturated rings. The second-order valence-electron chi connectivity index (χ2n) is 2.90. The van der Waals surface area contributed by atoms with Gasteiger partial charge in [0.15, 0.2) is 0 Å². The molecular formula is C9H10N4. The van der Waals surface area contributed by atoms with Crippen molar-refractivity contribution in [3.8, 4) is 0 Å². The van der Waals surface area contributed by atoms with Crippen LogP contribution >= 0.6 is 0 Å². The fourth-order valence-corrected chi connectivity index (χ4v) is 1.33. The summed E-state index contributed by atoms with van der Waals surface area (Å²) in [6.07, 6.45) is 4.09. The van der Waals surface area contributed by atoms with Gasteiger partial charge in [-0.05, 0) is 12.1 Å². The second-order valence-corrected chi connectivity index (χ2v) is 2.90. The molecule has 4 heteroatoms. The third-order valence-electron chi connectivity index (χ3n) is 1.89. The van der Waals surface area contributed by atoms with Crippen LogP contribution in [0.3, 0.4) is 0 Å². The van der Waals surface area contributed by atoms with Gasteiger partial charge in [-0.2, -0.15) is 5.10 Å². The van der Waals surface area contributed by atoms with Crippen molar-refractivity contribution in [2.24, 2.45) is 5.73 Å². The number of aromatic nitrogens is 2. The van der Waals surface area contributed by atoms with E-state index in [0.717, 1.165) is 11.1 Å². The minimum Gasteiger partial charge on any atom is -0.387 e. The van der Waals surface area contributed by atoms with Crippen LogP contribution in [0.4, 0.5) is 0 Å². The molecule has 0 atom stereocenters. The van der Waals surface area contributed by atoms with Gasteiger partial charge in [0.2, 0.25) is 0 Å². The lowest BCUT2D eigenvalue weighted by Gasteiger charge is -1.95. The second kappa shape index (κ2) is 2.90. The Morgan fingerprint density at radius 3 is 3.15 bits per heavy atom. The third-order valence-corrected chi connectivity index (χ3v) is 1.89. The molecule has 0 radical (unpaired) electrons. The number of amidine groups is 1. The van der Waals surface area contributed by atoms with E-state index in [1.54, 1.807) is 10.7 Å². The molecule has 0 aliphatic carbocycles. The maximum Gasteiger partial charge on any atom is 0.0951 e. The Labute approximate surface area is 75.5 Å². The molecule has 2 heterocycles. The summed E-state index contributed by atoms with van der Waals surface area (Å²) in [5.74, 6) is 0.166. The van der Waals surface area contributed by atoms with Crippen LogP contribution in [0.5, 0.6) is 0 Å². The number of rotatable bonds is 2. The molecule has 0 amide bonds. The van der Waals surface area contributed by atoms with Crippen molar-refractivity contribution in [3.63, 3.8) is 0 Å². The average molecular weight is 174 g/mol. The first-order valence-corrected chi connectivity index (χ1v) is 4.01. The van der Waals surface area contributed by atoms with Crippen LogP contribution in [-0.2, 0) is 6.42 Å². The van der Waals surface area contributed by atoms with Crippen molar-refractivity contribution in [2.45, 2.75) is 6.42 Å². The number of pyridine rings is 1. The first-order valence-electron chi connectivity index (χ1n) is 4.01. The summed E-state index contributed by atoms with van der Waals surface area (Å²) in [6, 6.07) is 5.82. The van der Waals surface area contributed by atoms with E-state index in [2.05, 4.69) is 5.10 Å². The van der Waals surface area contributed by atoms with E-state index in [9.17, 15) is 0 Å². The smallest absolute Gasteiger partial charge is 0.0951 e. The lowest BCUT2D eigenvalue weighted by Crippen LogP contribution is -2.12. The van der Waals surface area contributed by atoms with Gasteiger partial charge >= 0.3 is 0 Å². The predicted molar refractivity (Wildman–Crippen MR) is 50.8 cm³/mol. The van der Waals surface area contributed by atoms with E-state index in [-0.39, 0.29) is 5.84 Å². The summed E-state index contributed by atoms with van der Waals surface area (Å²) < 4.78 is 1.78. The van der Waals surface area contributed by atoms with Crippen molar-refractivity contribution >= 4 is 11.4 Å². The van der Waals surface area contributed by atoms with E-state index in [0.29, 0.717) is 6.42 Å². The average Bonchev–Trinajstić information content (AvgIpc) is 2.48. The molecular weight excluding hydrogens is 164 g/mol. The highest BCUT2D eigenvalue weighted by atomic mass is 15.2. The molecule has 0 unspecified atom stereocenters. The molecule has 0 bridgehead atoms. The van der Waals surface area contributed by atoms with Crippen LogP contribution in [0, 0.1) is 5.41 Å². The molecule has 13 heavy (non-hydrogen) atoms. The minimum atomic E-state index is 0.166. The molecule has 2 aromatic rings. The Balaban J connectivity index is 2.51. The zero-order valence-electron chi connectivity index (χ0n) is 7.07. The fraction of sp³-hybridized carbons (Fsp3) is 0.111. The van der Waals surface area contributed by atoms with Crippen LogP contribution in [0.1, 0.15) is 5.56 Å². The largest absolute Gasteiger partial charge is 0.387 e. The molecule has 0 aliphatic rings. The molecule has 2 rings (SSSR count). The van der Waals surface area contributed by atoms with E-state index < -0.39 is 0 Å². The minimum absolute atomic E-state index is 0.166. The Morgan fingerprint density at radius 2 is 2.38 bits per heavy atom. The fourth-order valence-electron chi connectivity index (χ4n) is 1.33. The number of fused-ring (bicyclic) bond motifs is 1. The topological polar surface area (TPSA) is 67.2 Å². The van der Waals surface area contributed by atoms with Crippen molar-refractivity contribution in [1.29, 1.82) is 5.41 Å². The molecule has 0 aliphatic heterocycles. The van der Waals surface area contributed by atoms with Crippen molar-refractivity contribution < 1.29 is 0 Å². The summed E-state index contributed by atoms with van der Waals surface area (Å²) >= 11 is 0. The third kappa shape index (κ3) is 1.38. The van der Waals surface area contributed by atoms with Gasteiger partial charge in [0.05, 0.1) is 17.5 Å². The lowest BCUT2D eigenvalue weighted by atomic mass is 10.2. The monoisotopic (exact) mass is 174 g/mol. The summed E-state index contributed by atoms with van der Waals surface area (Å²) in [5.41, 5.74) is 7.33. The van der Waals surface area contributed by atoms with Crippen molar-refractivity contribution in [1.82, 2.24) is 9.61 Å². The van der Waals surface area contributed by atoms with Gasteiger partial charge in [0.25, 0.3) is 0 Å². The SMILES string of the molecule is N=C(N)Cc1cnn2ccccc12. The normalized spacial score (nSPS) is 10.5. The number of hydrogen-bond donors (Lipinski definition) is 2. The highest BCUT2D eigenvalue weighted by Gasteiger charge is 2.03. The maximum absolute atomic E-state index is 7.19. The van der Waals surface area contributed by atoms with E-state index in [1.165, 1.54) is 0 Å². The quantitative estimate of drug-likeness (QED) is 0.522. The summed E-state index contributed by atoms with van der Waals surface area (Å²) in [7, 11) is 0. The molecule has 66 valence electrons. The maximum atomic E-state index is 7.19. The van der Waals surface area contributed by atoms with Gasteiger partial charge in [0, 0.05) is 18.2 Å². The summed E-state index contributed by atoms with van der Waals surface area (Å²) in [6.45, 7) is 0. The highest BCUT2D eigenvalue weighted by molar-refractivity contribution is 5.81. The molecule has 0 saturated heterocycles. The van der Waals surface area contributed by atoms with Gasteiger partial charge in [0.1, 0.15) is 0 Å². The van der Waals surface area contributed by atoms with E-state index >= 15 is 0 Å². The standard InChI is InChI=1S/C9H10N4/c10-9(11)5-7-6-12-13-4-2-1-3-8(7)13/h1-4,6H,5H2,(H3,10,11). The van der Waals surface area contributed by atoms with E-state index in [1.807, 2.05) is 24.4 Å². The van der Waals surface area contributed by atoms with Gasteiger partial charge in [-0.1, -0.05) is 6.07 Å². The van der Waals surface area contributed by atoms with Crippen molar-refractivity contribution in [2.75, 3.05) is 0 Å². The summed E-state index contributed by atoms with van der Waals surface area (Å²) in [4.78, 5) is 0. The Kier molecular flexibility index (Phi) is 1.73. The first-order chi connectivity index (χ1) is 6.27. The molecule has 0 saturated carbocycles. The highest BCUT2D eigenvalue weighted by Crippen LogP contribution is 2.09. The van der Waals surface area contributed by atoms with Gasteiger partial charge < -0.3 is 5.73 Å². The van der Waals surface area contributed by atoms with Crippen LogP contribution in [0.15, 0.2) is 30.6 Å². The zero-order chi connectivity index (χ0) is 9.26.